The third-order valence-corrected chi connectivity index (χ3v) is 4.40. The van der Waals surface area contributed by atoms with Gasteiger partial charge in [-0.15, -0.1) is 0 Å². The summed E-state index contributed by atoms with van der Waals surface area (Å²) in [7, 11) is 1.53. The average molecular weight is 283 g/mol. The number of amides is 2. The Kier molecular flexibility index (Phi) is 5.37. The number of hydrogen-bond donors (Lipinski definition) is 2. The van der Waals surface area contributed by atoms with Crippen molar-refractivity contribution in [1.82, 2.24) is 15.5 Å². The highest BCUT2D eigenvalue weighted by Crippen LogP contribution is 2.17. The van der Waals surface area contributed by atoms with Crippen LogP contribution in [0.1, 0.15) is 19.8 Å². The molecule has 20 heavy (non-hydrogen) atoms. The van der Waals surface area contributed by atoms with Crippen LogP contribution in [0.15, 0.2) is 0 Å². The van der Waals surface area contributed by atoms with Crippen LogP contribution < -0.4 is 10.6 Å². The highest BCUT2D eigenvalue weighted by atomic mass is 16.5. The van der Waals surface area contributed by atoms with Crippen LogP contribution in [-0.4, -0.2) is 62.7 Å². The zero-order valence-electron chi connectivity index (χ0n) is 12.4. The molecule has 2 saturated heterocycles. The van der Waals surface area contributed by atoms with Gasteiger partial charge in [0.05, 0.1) is 0 Å². The molecule has 1 unspecified atom stereocenters. The molecule has 0 aromatic carbocycles. The number of rotatable bonds is 5. The molecule has 0 bridgehead atoms. The molecular weight excluding hydrogens is 258 g/mol. The topological polar surface area (TPSA) is 70.7 Å². The summed E-state index contributed by atoms with van der Waals surface area (Å²) >= 11 is 0. The highest BCUT2D eigenvalue weighted by molar-refractivity contribution is 5.79. The second kappa shape index (κ2) is 7.04. The van der Waals surface area contributed by atoms with Crippen molar-refractivity contribution in [3.05, 3.63) is 0 Å². The molecule has 0 saturated carbocycles. The van der Waals surface area contributed by atoms with Crippen molar-refractivity contribution >= 4 is 11.8 Å². The van der Waals surface area contributed by atoms with E-state index in [2.05, 4.69) is 10.6 Å². The first-order valence-electron chi connectivity index (χ1n) is 7.39. The minimum Gasteiger partial charge on any atom is -0.375 e. The number of carbonyl (C=O) groups excluding carboxylic acids is 2. The molecule has 114 valence electrons. The van der Waals surface area contributed by atoms with E-state index in [1.54, 1.807) is 0 Å². The van der Waals surface area contributed by atoms with Crippen molar-refractivity contribution in [2.24, 2.45) is 11.8 Å². The number of ether oxygens (including phenoxy) is 1. The predicted molar refractivity (Wildman–Crippen MR) is 75.1 cm³/mol. The first-order valence-corrected chi connectivity index (χ1v) is 7.39. The Morgan fingerprint density at radius 2 is 2.00 bits per heavy atom. The molecule has 2 rings (SSSR count). The Labute approximate surface area is 120 Å². The van der Waals surface area contributed by atoms with Gasteiger partial charge < -0.3 is 20.3 Å². The predicted octanol–water partition coefficient (Wildman–Crippen LogP) is -0.404. The number of hydrogen-bond acceptors (Lipinski definition) is 4. The van der Waals surface area contributed by atoms with Gasteiger partial charge >= 0.3 is 0 Å². The van der Waals surface area contributed by atoms with Gasteiger partial charge in [-0.2, -0.15) is 0 Å². The molecule has 6 heteroatoms. The molecule has 0 radical (unpaired) electrons. The molecule has 0 spiro atoms. The van der Waals surface area contributed by atoms with E-state index in [9.17, 15) is 9.59 Å². The lowest BCUT2D eigenvalue weighted by Gasteiger charge is -2.35. The SMILES string of the molecule is COCC(=O)N1CCC(NC(=O)C(C)C2CNC2)CC1. The number of likely N-dealkylation sites (tertiary alicyclic amines) is 1. The van der Waals surface area contributed by atoms with Crippen LogP contribution in [0.5, 0.6) is 0 Å². The second-order valence-corrected chi connectivity index (χ2v) is 5.80. The largest absolute Gasteiger partial charge is 0.375 e. The summed E-state index contributed by atoms with van der Waals surface area (Å²) in [6.45, 7) is 5.43. The lowest BCUT2D eigenvalue weighted by atomic mass is 9.88. The lowest BCUT2D eigenvalue weighted by molar-refractivity contribution is -0.136. The third kappa shape index (κ3) is 3.70. The van der Waals surface area contributed by atoms with Gasteiger partial charge in [-0.1, -0.05) is 6.92 Å². The van der Waals surface area contributed by atoms with Crippen molar-refractivity contribution in [3.63, 3.8) is 0 Å². The van der Waals surface area contributed by atoms with E-state index in [0.29, 0.717) is 19.0 Å². The zero-order chi connectivity index (χ0) is 14.5. The maximum absolute atomic E-state index is 12.1. The van der Waals surface area contributed by atoms with Crippen molar-refractivity contribution < 1.29 is 14.3 Å². The maximum Gasteiger partial charge on any atom is 0.248 e. The second-order valence-electron chi connectivity index (χ2n) is 5.80. The van der Waals surface area contributed by atoms with Crippen molar-refractivity contribution in [3.8, 4) is 0 Å². The van der Waals surface area contributed by atoms with Crippen molar-refractivity contribution in [1.29, 1.82) is 0 Å². The monoisotopic (exact) mass is 283 g/mol. The van der Waals surface area contributed by atoms with E-state index < -0.39 is 0 Å². The molecule has 2 N–H and O–H groups in total. The number of methoxy groups -OCH3 is 1. The smallest absolute Gasteiger partial charge is 0.248 e. The fraction of sp³-hybridized carbons (Fsp3) is 0.857. The van der Waals surface area contributed by atoms with Crippen LogP contribution in [0.4, 0.5) is 0 Å². The Bertz CT molecular complexity index is 350. The van der Waals surface area contributed by atoms with Crippen LogP contribution in [0.3, 0.4) is 0 Å². The van der Waals surface area contributed by atoms with Gasteiger partial charge in [-0.25, -0.2) is 0 Å². The summed E-state index contributed by atoms with van der Waals surface area (Å²) in [6, 6.07) is 0.199. The summed E-state index contributed by atoms with van der Waals surface area (Å²) in [5.41, 5.74) is 0. The molecule has 2 aliphatic heterocycles. The third-order valence-electron chi connectivity index (χ3n) is 4.40. The zero-order valence-corrected chi connectivity index (χ0v) is 12.4. The van der Waals surface area contributed by atoms with Crippen molar-refractivity contribution in [2.45, 2.75) is 25.8 Å². The molecule has 2 amide bonds. The summed E-state index contributed by atoms with van der Waals surface area (Å²) in [5.74, 6) is 0.729. The van der Waals surface area contributed by atoms with Crippen LogP contribution in [0.25, 0.3) is 0 Å². The van der Waals surface area contributed by atoms with Crippen LogP contribution >= 0.6 is 0 Å². The number of nitrogens with zero attached hydrogens (tertiary/aromatic N) is 1. The quantitative estimate of drug-likeness (QED) is 0.720. The standard InChI is InChI=1S/C14H25N3O3/c1-10(11-7-15-8-11)14(19)16-12-3-5-17(6-4-12)13(18)9-20-2/h10-12,15H,3-9H2,1-2H3,(H,16,19). The van der Waals surface area contributed by atoms with E-state index >= 15 is 0 Å². The summed E-state index contributed by atoms with van der Waals surface area (Å²) in [4.78, 5) is 25.6. The van der Waals surface area contributed by atoms with Gasteiger partial charge in [0, 0.05) is 32.2 Å². The number of piperidine rings is 1. The molecule has 0 aromatic rings. The minimum absolute atomic E-state index is 0.0335. The van der Waals surface area contributed by atoms with Gasteiger partial charge in [-0.3, -0.25) is 9.59 Å². The van der Waals surface area contributed by atoms with Crippen molar-refractivity contribution in [2.75, 3.05) is 39.9 Å². The maximum atomic E-state index is 12.1. The van der Waals surface area contributed by atoms with E-state index in [1.165, 1.54) is 7.11 Å². The fourth-order valence-corrected chi connectivity index (χ4v) is 2.70. The van der Waals surface area contributed by atoms with E-state index in [4.69, 9.17) is 4.74 Å². The molecular formula is C14H25N3O3. The summed E-state index contributed by atoms with van der Waals surface area (Å²) < 4.78 is 4.86. The molecule has 2 aliphatic rings. The van der Waals surface area contributed by atoms with Crippen LogP contribution in [0.2, 0.25) is 0 Å². The summed E-state index contributed by atoms with van der Waals surface area (Å²) in [5, 5.41) is 6.32. The van der Waals surface area contributed by atoms with Crippen LogP contribution in [-0.2, 0) is 14.3 Å². The van der Waals surface area contributed by atoms with Gasteiger partial charge in [0.1, 0.15) is 6.61 Å². The van der Waals surface area contributed by atoms with Gasteiger partial charge in [0.15, 0.2) is 0 Å². The normalized spacial score (nSPS) is 22.2. The fourth-order valence-electron chi connectivity index (χ4n) is 2.70. The lowest BCUT2D eigenvalue weighted by Crippen LogP contribution is -2.53. The first kappa shape index (κ1) is 15.3. The number of nitrogens with one attached hydrogen (secondary N) is 2. The van der Waals surface area contributed by atoms with Gasteiger partial charge in [0.25, 0.3) is 0 Å². The number of carbonyl (C=O) groups is 2. The molecule has 6 nitrogen and oxygen atoms in total. The first-order chi connectivity index (χ1) is 9.61. The van der Waals surface area contributed by atoms with E-state index in [1.807, 2.05) is 11.8 Å². The highest BCUT2D eigenvalue weighted by Gasteiger charge is 2.31. The van der Waals surface area contributed by atoms with E-state index in [-0.39, 0.29) is 30.4 Å². The molecule has 2 fully saturated rings. The van der Waals surface area contributed by atoms with Gasteiger partial charge in [-0.05, 0) is 31.8 Å². The Morgan fingerprint density at radius 3 is 2.50 bits per heavy atom. The van der Waals surface area contributed by atoms with Gasteiger partial charge in [0.2, 0.25) is 11.8 Å². The molecule has 1 atom stereocenters. The Balaban J connectivity index is 1.71. The Hall–Kier alpha value is -1.14. The van der Waals surface area contributed by atoms with E-state index in [0.717, 1.165) is 25.9 Å². The molecule has 2 heterocycles. The Morgan fingerprint density at radius 1 is 1.35 bits per heavy atom. The molecule has 0 aromatic heterocycles. The average Bonchev–Trinajstić information content (AvgIpc) is 2.37. The summed E-state index contributed by atoms with van der Waals surface area (Å²) in [6.07, 6.45) is 1.66. The van der Waals surface area contributed by atoms with Crippen LogP contribution in [0, 0.1) is 11.8 Å². The molecule has 0 aliphatic carbocycles. The minimum atomic E-state index is 0.0335.